The van der Waals surface area contributed by atoms with E-state index in [1.807, 2.05) is 31.3 Å². The van der Waals surface area contributed by atoms with Crippen molar-refractivity contribution in [3.8, 4) is 0 Å². The van der Waals surface area contributed by atoms with Gasteiger partial charge in [-0.2, -0.15) is 0 Å². The molecule has 1 heterocycles. The topological polar surface area (TPSA) is 44.9 Å². The van der Waals surface area contributed by atoms with Gasteiger partial charge >= 0.3 is 5.97 Å². The highest BCUT2D eigenvalue weighted by Gasteiger charge is 2.38. The number of allylic oxidation sites excluding steroid dienone is 7. The summed E-state index contributed by atoms with van der Waals surface area (Å²) >= 11 is 12.8. The minimum absolute atomic E-state index is 0.208. The van der Waals surface area contributed by atoms with Gasteiger partial charge in [-0.25, -0.2) is 4.85 Å². The van der Waals surface area contributed by atoms with Gasteiger partial charge in [0.05, 0.1) is 6.57 Å². The first kappa shape index (κ1) is 21.2. The molecule has 29 heavy (non-hydrogen) atoms. The van der Waals surface area contributed by atoms with Crippen LogP contribution in [0, 0.1) is 6.57 Å². The molecule has 0 saturated carbocycles. The molecule has 0 fully saturated rings. The van der Waals surface area contributed by atoms with Crippen molar-refractivity contribution in [3.63, 3.8) is 0 Å². The highest BCUT2D eigenvalue weighted by Crippen LogP contribution is 2.48. The Morgan fingerprint density at radius 2 is 2.00 bits per heavy atom. The quantitative estimate of drug-likeness (QED) is 0.444. The van der Waals surface area contributed by atoms with E-state index in [0.717, 1.165) is 29.8 Å². The Kier molecular flexibility index (Phi) is 5.93. The molecule has 1 aromatic rings. The van der Waals surface area contributed by atoms with Crippen LogP contribution in [0.25, 0.3) is 4.85 Å². The molecule has 3 rings (SSSR count). The second-order valence-electron chi connectivity index (χ2n) is 7.73. The van der Waals surface area contributed by atoms with Crippen LogP contribution in [-0.4, -0.2) is 18.1 Å². The number of anilines is 1. The average Bonchev–Trinajstić information content (AvgIpc) is 2.85. The molecular weight excluding hydrogens is 407 g/mol. The number of nitrogens with zero attached hydrogens (tertiary/aromatic N) is 2. The van der Waals surface area contributed by atoms with Gasteiger partial charge in [-0.05, 0) is 66.3 Å². The first-order chi connectivity index (χ1) is 13.7. The van der Waals surface area contributed by atoms with Crippen LogP contribution in [-0.2, 0) is 10.2 Å². The molecule has 0 saturated heterocycles. The summed E-state index contributed by atoms with van der Waals surface area (Å²) < 4.78 is 0. The number of rotatable bonds is 3. The van der Waals surface area contributed by atoms with Gasteiger partial charge in [0, 0.05) is 33.9 Å². The summed E-state index contributed by atoms with van der Waals surface area (Å²) in [5, 5.41) is 10.4. The van der Waals surface area contributed by atoms with E-state index in [-0.39, 0.29) is 11.1 Å². The zero-order valence-electron chi connectivity index (χ0n) is 16.6. The number of benzene rings is 1. The highest BCUT2D eigenvalue weighted by atomic mass is 35.5. The molecule has 4 nitrogen and oxygen atoms in total. The van der Waals surface area contributed by atoms with Crippen LogP contribution in [0.15, 0.2) is 64.0 Å². The third kappa shape index (κ3) is 3.99. The summed E-state index contributed by atoms with van der Waals surface area (Å²) in [6, 6.07) is 5.93. The number of fused-ring (bicyclic) bond motifs is 1. The van der Waals surface area contributed by atoms with E-state index in [1.54, 1.807) is 0 Å². The number of hydrogen-bond donors (Lipinski definition) is 1. The van der Waals surface area contributed by atoms with Gasteiger partial charge in [-0.15, -0.1) is 0 Å². The van der Waals surface area contributed by atoms with Gasteiger partial charge in [-0.1, -0.05) is 43.1 Å². The zero-order valence-corrected chi connectivity index (χ0v) is 18.1. The van der Waals surface area contributed by atoms with Crippen LogP contribution in [0.2, 0.25) is 5.02 Å². The molecule has 0 aromatic heterocycles. The monoisotopic (exact) mass is 428 g/mol. The van der Waals surface area contributed by atoms with Crippen LogP contribution >= 0.6 is 23.2 Å². The molecule has 0 amide bonds. The van der Waals surface area contributed by atoms with E-state index < -0.39 is 5.97 Å². The molecule has 0 radical (unpaired) electrons. The van der Waals surface area contributed by atoms with E-state index in [9.17, 15) is 4.79 Å². The zero-order chi connectivity index (χ0) is 21.3. The lowest BCUT2D eigenvalue weighted by atomic mass is 9.83. The van der Waals surface area contributed by atoms with Gasteiger partial charge in [0.2, 0.25) is 0 Å². The summed E-state index contributed by atoms with van der Waals surface area (Å²) in [6.45, 7) is 11.4. The lowest BCUT2D eigenvalue weighted by Gasteiger charge is -2.24. The van der Waals surface area contributed by atoms with Crippen molar-refractivity contribution < 1.29 is 9.90 Å². The summed E-state index contributed by atoms with van der Waals surface area (Å²) in [4.78, 5) is 16.4. The van der Waals surface area contributed by atoms with Crippen molar-refractivity contribution in [2.75, 3.05) is 11.9 Å². The summed E-state index contributed by atoms with van der Waals surface area (Å²) in [5.74, 6) is -1.24. The van der Waals surface area contributed by atoms with Crippen molar-refractivity contribution in [2.24, 2.45) is 0 Å². The normalized spacial score (nSPS) is 21.5. The van der Waals surface area contributed by atoms with Crippen LogP contribution < -0.4 is 4.90 Å². The summed E-state index contributed by atoms with van der Waals surface area (Å²) in [7, 11) is 2.03. The lowest BCUT2D eigenvalue weighted by molar-refractivity contribution is -0.132. The number of carbonyl (C=O) groups is 1. The summed E-state index contributed by atoms with van der Waals surface area (Å²) in [5.41, 5.74) is 4.55. The minimum atomic E-state index is -1.24. The van der Waals surface area contributed by atoms with E-state index >= 15 is 0 Å². The van der Waals surface area contributed by atoms with E-state index in [2.05, 4.69) is 29.7 Å². The predicted octanol–water partition coefficient (Wildman–Crippen LogP) is 6.44. The van der Waals surface area contributed by atoms with Crippen molar-refractivity contribution in [2.45, 2.75) is 38.5 Å². The maximum absolute atomic E-state index is 11.1. The van der Waals surface area contributed by atoms with Gasteiger partial charge in [-0.3, -0.25) is 4.79 Å². The Morgan fingerprint density at radius 1 is 1.28 bits per heavy atom. The maximum atomic E-state index is 11.1. The first-order valence-electron chi connectivity index (χ1n) is 9.33. The van der Waals surface area contributed by atoms with Crippen LogP contribution in [0.3, 0.4) is 0 Å². The standard InChI is InChI=1S/C23H22Cl2N2O2/c1-23(2)17-13-16(24)9-10-19(17)27(4)20(23)11-8-14-6-5-7-15(21(14)25)12-18(26-3)22(28)29/h8-13H,5-7H2,1-2,4H3,(H,28,29)/b14-8+,18-12-,20-11-. The van der Waals surface area contributed by atoms with E-state index in [1.165, 1.54) is 11.6 Å². The minimum Gasteiger partial charge on any atom is -0.486 e. The first-order valence-corrected chi connectivity index (χ1v) is 10.1. The number of carboxylic acids is 1. The largest absolute Gasteiger partial charge is 0.486 e. The molecule has 0 spiro atoms. The van der Waals surface area contributed by atoms with Gasteiger partial charge in [0.15, 0.2) is 0 Å². The molecule has 6 heteroatoms. The Labute approximate surface area is 181 Å². The fourth-order valence-corrected chi connectivity index (χ4v) is 4.46. The third-order valence-electron chi connectivity index (χ3n) is 5.54. The number of carboxylic acid groups (broad SMARTS) is 1. The Balaban J connectivity index is 2.00. The molecule has 2 aliphatic rings. The van der Waals surface area contributed by atoms with Crippen molar-refractivity contribution in [3.05, 3.63) is 86.0 Å². The van der Waals surface area contributed by atoms with Gasteiger partial charge in [0.25, 0.3) is 5.70 Å². The van der Waals surface area contributed by atoms with Crippen LogP contribution in [0.4, 0.5) is 5.69 Å². The lowest BCUT2D eigenvalue weighted by Crippen LogP contribution is -2.22. The molecule has 1 aromatic carbocycles. The molecule has 0 bridgehead atoms. The molecule has 0 unspecified atom stereocenters. The van der Waals surface area contributed by atoms with Gasteiger partial charge < -0.3 is 10.0 Å². The molecule has 0 atom stereocenters. The Bertz CT molecular complexity index is 1040. The van der Waals surface area contributed by atoms with Crippen LogP contribution in [0.1, 0.15) is 38.7 Å². The fourth-order valence-electron chi connectivity index (χ4n) is 3.98. The van der Waals surface area contributed by atoms with Crippen molar-refractivity contribution in [1.29, 1.82) is 0 Å². The van der Waals surface area contributed by atoms with E-state index in [0.29, 0.717) is 22.0 Å². The fraction of sp³-hybridized carbons (Fsp3) is 0.304. The second kappa shape index (κ2) is 8.10. The number of aliphatic carboxylic acids is 1. The third-order valence-corrected chi connectivity index (χ3v) is 6.26. The Hall–Kier alpha value is -2.48. The number of hydrogen-bond acceptors (Lipinski definition) is 2. The smallest absolute Gasteiger partial charge is 0.333 e. The van der Waals surface area contributed by atoms with Gasteiger partial charge in [0.1, 0.15) is 0 Å². The molecule has 150 valence electrons. The molecule has 1 aliphatic carbocycles. The van der Waals surface area contributed by atoms with E-state index in [4.69, 9.17) is 34.9 Å². The molecule has 1 aliphatic heterocycles. The maximum Gasteiger partial charge on any atom is 0.333 e. The SMILES string of the molecule is [C-]#[N+]/C(=C\C1=C(Cl)C(=C/C=C2\N(C)c3ccc(Cl)cc3C2(C)C)/CCC1)C(=O)O. The number of halogens is 2. The predicted molar refractivity (Wildman–Crippen MR) is 118 cm³/mol. The Morgan fingerprint density at radius 3 is 2.66 bits per heavy atom. The number of likely N-dealkylation sites (N-methyl/N-ethyl adjacent to an activating group) is 1. The second-order valence-corrected chi connectivity index (χ2v) is 8.54. The summed E-state index contributed by atoms with van der Waals surface area (Å²) in [6.07, 6.45) is 7.80. The average molecular weight is 429 g/mol. The van der Waals surface area contributed by atoms with Crippen LogP contribution in [0.5, 0.6) is 0 Å². The highest BCUT2D eigenvalue weighted by molar-refractivity contribution is 6.32. The molecular formula is C23H22Cl2N2O2. The van der Waals surface area contributed by atoms with Crippen molar-refractivity contribution in [1.82, 2.24) is 0 Å². The molecule has 1 N–H and O–H groups in total. The van der Waals surface area contributed by atoms with Crippen molar-refractivity contribution >= 4 is 34.9 Å².